The Morgan fingerprint density at radius 3 is 2.66 bits per heavy atom. The number of ether oxygens (including phenoxy) is 2. The van der Waals surface area contributed by atoms with Gasteiger partial charge in [0.1, 0.15) is 11.5 Å². The summed E-state index contributed by atoms with van der Waals surface area (Å²) in [6, 6.07) is 16.6. The van der Waals surface area contributed by atoms with Crippen LogP contribution in [-0.4, -0.2) is 36.6 Å². The van der Waals surface area contributed by atoms with Crippen LogP contribution in [0.4, 0.5) is 11.4 Å². The zero-order chi connectivity index (χ0) is 22.3. The van der Waals surface area contributed by atoms with Crippen LogP contribution in [0.15, 0.2) is 67.0 Å². The van der Waals surface area contributed by atoms with Gasteiger partial charge >= 0.3 is 0 Å². The van der Waals surface area contributed by atoms with Crippen LogP contribution in [0.2, 0.25) is 0 Å². The van der Waals surface area contributed by atoms with Crippen LogP contribution < -0.4 is 19.7 Å². The number of carbonyl (C=O) groups is 2. The molecule has 1 N–H and O–H groups in total. The highest BCUT2D eigenvalue weighted by Gasteiger charge is 2.25. The average molecular weight is 431 g/mol. The van der Waals surface area contributed by atoms with Crippen molar-refractivity contribution in [2.24, 2.45) is 0 Å². The second-order valence-electron chi connectivity index (χ2n) is 7.41. The van der Waals surface area contributed by atoms with Gasteiger partial charge in [0, 0.05) is 30.2 Å². The molecule has 0 unspecified atom stereocenters. The predicted octanol–water partition coefficient (Wildman–Crippen LogP) is 4.09. The zero-order valence-electron chi connectivity index (χ0n) is 17.9. The summed E-state index contributed by atoms with van der Waals surface area (Å²) in [6.45, 7) is 3.09. The van der Waals surface area contributed by atoms with Crippen molar-refractivity contribution in [3.8, 4) is 11.5 Å². The normalized spacial score (nSPS) is 12.7. The van der Waals surface area contributed by atoms with E-state index in [1.165, 1.54) is 5.56 Å². The fourth-order valence-electron chi connectivity index (χ4n) is 3.47. The van der Waals surface area contributed by atoms with Gasteiger partial charge in [-0.3, -0.25) is 14.6 Å². The number of nitrogens with zero attached hydrogens (tertiary/aromatic N) is 2. The van der Waals surface area contributed by atoms with Crippen LogP contribution in [0.25, 0.3) is 0 Å². The molecule has 2 heterocycles. The molecule has 0 radical (unpaired) electrons. The molecular formula is C25H25N3O4. The first-order chi connectivity index (χ1) is 15.6. The van der Waals surface area contributed by atoms with Gasteiger partial charge in [0.25, 0.3) is 11.8 Å². The Morgan fingerprint density at radius 2 is 1.91 bits per heavy atom. The number of hydrogen-bond donors (Lipinski definition) is 1. The van der Waals surface area contributed by atoms with E-state index in [4.69, 9.17) is 9.47 Å². The van der Waals surface area contributed by atoms with E-state index in [2.05, 4.69) is 29.4 Å². The van der Waals surface area contributed by atoms with Crippen molar-refractivity contribution >= 4 is 23.2 Å². The molecule has 0 saturated heterocycles. The molecule has 3 aromatic rings. The highest BCUT2D eigenvalue weighted by molar-refractivity contribution is 6.05. The molecule has 1 aliphatic rings. The maximum atomic E-state index is 12.5. The highest BCUT2D eigenvalue weighted by Crippen LogP contribution is 2.34. The summed E-state index contributed by atoms with van der Waals surface area (Å²) in [5.41, 5.74) is 2.99. The number of rotatable bonds is 8. The minimum Gasteiger partial charge on any atom is -0.494 e. The second-order valence-corrected chi connectivity index (χ2v) is 7.41. The van der Waals surface area contributed by atoms with Crippen molar-refractivity contribution < 1.29 is 19.1 Å². The molecule has 0 fully saturated rings. The molecule has 0 atom stereocenters. The lowest BCUT2D eigenvalue weighted by molar-refractivity contribution is -0.121. The van der Waals surface area contributed by atoms with E-state index < -0.39 is 0 Å². The highest BCUT2D eigenvalue weighted by atomic mass is 16.5. The fourth-order valence-corrected chi connectivity index (χ4v) is 3.47. The Bertz CT molecular complexity index is 1080. The zero-order valence-corrected chi connectivity index (χ0v) is 17.9. The van der Waals surface area contributed by atoms with Crippen LogP contribution in [-0.2, 0) is 11.2 Å². The third-order valence-electron chi connectivity index (χ3n) is 5.23. The van der Waals surface area contributed by atoms with Crippen molar-refractivity contribution in [1.82, 2.24) is 4.98 Å². The minimum atomic E-state index is -0.246. The summed E-state index contributed by atoms with van der Waals surface area (Å²) in [7, 11) is 0. The molecule has 0 spiro atoms. The monoisotopic (exact) mass is 431 g/mol. The standard InChI is InChI=1S/C25H25N3O4/c1-2-18-4-7-21(8-5-18)31-15-3-14-28-22-16-20(6-9-23(22)32-17-24(28)29)27-25(30)19-10-12-26-13-11-19/h4-13,16H,2-3,14-15,17H2,1H3,(H,27,30). The van der Waals surface area contributed by atoms with Crippen molar-refractivity contribution in [3.05, 3.63) is 78.1 Å². The van der Waals surface area contributed by atoms with E-state index in [1.54, 1.807) is 47.6 Å². The summed E-state index contributed by atoms with van der Waals surface area (Å²) < 4.78 is 11.4. The lowest BCUT2D eigenvalue weighted by atomic mass is 10.2. The average Bonchev–Trinajstić information content (AvgIpc) is 2.84. The van der Waals surface area contributed by atoms with E-state index >= 15 is 0 Å². The van der Waals surface area contributed by atoms with E-state index in [-0.39, 0.29) is 18.4 Å². The number of nitrogens with one attached hydrogen (secondary N) is 1. The first-order valence-electron chi connectivity index (χ1n) is 10.6. The van der Waals surface area contributed by atoms with Gasteiger partial charge in [-0.15, -0.1) is 0 Å². The first-order valence-corrected chi connectivity index (χ1v) is 10.6. The maximum absolute atomic E-state index is 12.5. The molecule has 164 valence electrons. The van der Waals surface area contributed by atoms with Gasteiger partial charge in [-0.2, -0.15) is 0 Å². The molecule has 0 bridgehead atoms. The van der Waals surface area contributed by atoms with Crippen LogP contribution >= 0.6 is 0 Å². The quantitative estimate of drug-likeness (QED) is 0.544. The molecule has 4 rings (SSSR count). The first kappa shape index (κ1) is 21.4. The predicted molar refractivity (Wildman–Crippen MR) is 122 cm³/mol. The molecule has 2 aromatic carbocycles. The van der Waals surface area contributed by atoms with Crippen molar-refractivity contribution in [3.63, 3.8) is 0 Å². The van der Waals surface area contributed by atoms with Gasteiger partial charge in [-0.1, -0.05) is 19.1 Å². The summed E-state index contributed by atoms with van der Waals surface area (Å²) in [5.74, 6) is 1.06. The lowest BCUT2D eigenvalue weighted by Crippen LogP contribution is -2.39. The molecule has 0 aliphatic carbocycles. The van der Waals surface area contributed by atoms with Crippen LogP contribution in [0.1, 0.15) is 29.3 Å². The topological polar surface area (TPSA) is 80.8 Å². The van der Waals surface area contributed by atoms with Crippen LogP contribution in [0, 0.1) is 0 Å². The van der Waals surface area contributed by atoms with Crippen molar-refractivity contribution in [2.45, 2.75) is 19.8 Å². The Labute approximate surface area is 187 Å². The van der Waals surface area contributed by atoms with Gasteiger partial charge in [-0.05, 0) is 60.9 Å². The number of aromatic nitrogens is 1. The number of fused-ring (bicyclic) bond motifs is 1. The van der Waals surface area contributed by atoms with Crippen molar-refractivity contribution in [2.75, 3.05) is 30.0 Å². The van der Waals surface area contributed by atoms with Crippen molar-refractivity contribution in [1.29, 1.82) is 0 Å². The smallest absolute Gasteiger partial charge is 0.265 e. The SMILES string of the molecule is CCc1ccc(OCCCN2C(=O)COc3ccc(NC(=O)c4ccncc4)cc32)cc1. The summed E-state index contributed by atoms with van der Waals surface area (Å²) in [5, 5.41) is 2.86. The number of amides is 2. The molecule has 7 nitrogen and oxygen atoms in total. The minimum absolute atomic E-state index is 0.00490. The molecule has 1 aromatic heterocycles. The Morgan fingerprint density at radius 1 is 1.12 bits per heavy atom. The lowest BCUT2D eigenvalue weighted by Gasteiger charge is -2.30. The number of aryl methyl sites for hydroxylation is 1. The summed E-state index contributed by atoms with van der Waals surface area (Å²) in [4.78, 5) is 30.6. The van der Waals surface area contributed by atoms with Gasteiger partial charge < -0.3 is 19.7 Å². The van der Waals surface area contributed by atoms with E-state index in [0.29, 0.717) is 42.3 Å². The van der Waals surface area contributed by atoms with E-state index in [1.807, 2.05) is 12.1 Å². The van der Waals surface area contributed by atoms with Crippen LogP contribution in [0.3, 0.4) is 0 Å². The van der Waals surface area contributed by atoms with Gasteiger partial charge in [0.05, 0.1) is 12.3 Å². The Kier molecular flexibility index (Phi) is 6.65. The molecule has 32 heavy (non-hydrogen) atoms. The summed E-state index contributed by atoms with van der Waals surface area (Å²) in [6.07, 6.45) is 4.78. The molecule has 0 saturated carbocycles. The number of benzene rings is 2. The van der Waals surface area contributed by atoms with Gasteiger partial charge in [0.2, 0.25) is 0 Å². The van der Waals surface area contributed by atoms with Crippen LogP contribution in [0.5, 0.6) is 11.5 Å². The Balaban J connectivity index is 1.39. The molecular weight excluding hydrogens is 406 g/mol. The second kappa shape index (κ2) is 9.96. The van der Waals surface area contributed by atoms with Gasteiger partial charge in [-0.25, -0.2) is 0 Å². The largest absolute Gasteiger partial charge is 0.494 e. The van der Waals surface area contributed by atoms with E-state index in [0.717, 1.165) is 12.2 Å². The third kappa shape index (κ3) is 5.06. The number of anilines is 2. The molecule has 2 amide bonds. The summed E-state index contributed by atoms with van der Waals surface area (Å²) >= 11 is 0. The molecule has 7 heteroatoms. The number of carbonyl (C=O) groups excluding carboxylic acids is 2. The molecule has 1 aliphatic heterocycles. The van der Waals surface area contributed by atoms with E-state index in [9.17, 15) is 9.59 Å². The number of hydrogen-bond acceptors (Lipinski definition) is 5. The fraction of sp³-hybridized carbons (Fsp3) is 0.240. The third-order valence-corrected chi connectivity index (χ3v) is 5.23. The number of pyridine rings is 1. The van der Waals surface area contributed by atoms with Gasteiger partial charge in [0.15, 0.2) is 6.61 Å². The Hall–Kier alpha value is -3.87. The maximum Gasteiger partial charge on any atom is 0.265 e.